The molecule has 2 N–H and O–H groups in total. The summed E-state index contributed by atoms with van der Waals surface area (Å²) in [6, 6.07) is 18.6. The summed E-state index contributed by atoms with van der Waals surface area (Å²) in [4.78, 5) is 26.0. The minimum Gasteiger partial charge on any atom is -0.490 e. The number of rotatable bonds is 11. The number of ether oxygens (including phenoxy) is 2. The van der Waals surface area contributed by atoms with E-state index in [0.29, 0.717) is 16.5 Å². The van der Waals surface area contributed by atoms with Crippen molar-refractivity contribution in [3.8, 4) is 11.5 Å². The van der Waals surface area contributed by atoms with E-state index in [1.165, 1.54) is 12.3 Å². The Morgan fingerprint density at radius 2 is 1.66 bits per heavy atom. The normalized spacial score (nSPS) is 12.7. The lowest BCUT2D eigenvalue weighted by molar-refractivity contribution is -0.132. The van der Waals surface area contributed by atoms with Crippen molar-refractivity contribution in [2.45, 2.75) is 45.4 Å². The summed E-state index contributed by atoms with van der Waals surface area (Å²) in [6.07, 6.45) is 0.887. The Morgan fingerprint density at radius 1 is 0.947 bits per heavy atom. The van der Waals surface area contributed by atoms with Crippen LogP contribution in [0.15, 0.2) is 76.3 Å². The van der Waals surface area contributed by atoms with Crippen molar-refractivity contribution in [2.75, 3.05) is 0 Å². The molecule has 2 amide bonds. The first kappa shape index (κ1) is 29.5. The number of carbonyl (C=O) groups excluding carboxylic acids is 2. The molecule has 0 saturated heterocycles. The number of amides is 2. The van der Waals surface area contributed by atoms with Gasteiger partial charge in [0.25, 0.3) is 11.8 Å². The van der Waals surface area contributed by atoms with Gasteiger partial charge in [-0.2, -0.15) is 5.10 Å². The fourth-order valence-corrected chi connectivity index (χ4v) is 4.30. The fourth-order valence-electron chi connectivity index (χ4n) is 3.36. The smallest absolute Gasteiger partial charge is 0.262 e. The molecule has 0 unspecified atom stereocenters. The summed E-state index contributed by atoms with van der Waals surface area (Å²) in [5.41, 5.74) is 4.14. The van der Waals surface area contributed by atoms with Crippen LogP contribution in [0.1, 0.15) is 31.9 Å². The van der Waals surface area contributed by atoms with Crippen molar-refractivity contribution in [1.82, 2.24) is 10.7 Å². The van der Waals surface area contributed by atoms with Crippen LogP contribution < -0.4 is 20.2 Å². The minimum atomic E-state index is -0.924. The molecule has 38 heavy (non-hydrogen) atoms. The first-order chi connectivity index (χ1) is 18.1. The average Bonchev–Trinajstić information content (AvgIpc) is 2.87. The number of hydrogen-bond acceptors (Lipinski definition) is 5. The third-order valence-electron chi connectivity index (χ3n) is 5.19. The molecule has 0 aliphatic rings. The highest BCUT2D eigenvalue weighted by Crippen LogP contribution is 2.28. The van der Waals surface area contributed by atoms with Crippen LogP contribution in [0.5, 0.6) is 11.5 Å². The molecule has 0 heterocycles. The van der Waals surface area contributed by atoms with E-state index in [-0.39, 0.29) is 17.5 Å². The Balaban J connectivity index is 1.68. The average molecular weight is 621 g/mol. The number of nitrogens with one attached hydrogen (secondary N) is 2. The van der Waals surface area contributed by atoms with Gasteiger partial charge in [0, 0.05) is 11.4 Å². The molecule has 200 valence electrons. The zero-order valence-corrected chi connectivity index (χ0v) is 24.2. The molecule has 3 aromatic rings. The maximum Gasteiger partial charge on any atom is 0.262 e. The van der Waals surface area contributed by atoms with Crippen molar-refractivity contribution in [1.29, 1.82) is 0 Å². The lowest BCUT2D eigenvalue weighted by Gasteiger charge is -2.21. The van der Waals surface area contributed by atoms with Crippen LogP contribution in [-0.2, 0) is 16.0 Å². The van der Waals surface area contributed by atoms with Crippen LogP contribution in [0.2, 0.25) is 10.0 Å². The molecule has 0 saturated carbocycles. The summed E-state index contributed by atoms with van der Waals surface area (Å²) in [6.45, 7) is 5.46. The van der Waals surface area contributed by atoms with E-state index in [0.717, 1.165) is 15.6 Å². The Labute approximate surface area is 240 Å². The fraction of sp³-hybridized carbons (Fsp3) is 0.250. The van der Waals surface area contributed by atoms with Crippen molar-refractivity contribution in [2.24, 2.45) is 5.10 Å². The Kier molecular flexibility index (Phi) is 11.0. The monoisotopic (exact) mass is 619 g/mol. The van der Waals surface area contributed by atoms with E-state index < -0.39 is 24.0 Å². The van der Waals surface area contributed by atoms with Crippen LogP contribution >= 0.6 is 39.1 Å². The predicted octanol–water partition coefficient (Wildman–Crippen LogP) is 6.19. The molecule has 0 spiro atoms. The molecule has 0 aliphatic carbocycles. The van der Waals surface area contributed by atoms with Crippen LogP contribution in [0.25, 0.3) is 0 Å². The zero-order chi connectivity index (χ0) is 27.7. The predicted molar refractivity (Wildman–Crippen MR) is 154 cm³/mol. The summed E-state index contributed by atoms with van der Waals surface area (Å²) in [5, 5.41) is 7.56. The summed E-state index contributed by atoms with van der Waals surface area (Å²) >= 11 is 15.6. The van der Waals surface area contributed by atoms with Crippen molar-refractivity contribution < 1.29 is 19.1 Å². The van der Waals surface area contributed by atoms with Crippen LogP contribution in [0.4, 0.5) is 0 Å². The number of hydrogen-bond donors (Lipinski definition) is 2. The molecular formula is C28H28BrCl2N3O4. The van der Waals surface area contributed by atoms with Gasteiger partial charge in [0.15, 0.2) is 6.10 Å². The SMILES string of the molecule is CC(C)Oc1ccc(/C=N\NC(=O)[C@H](Cc2ccccc2)NC(=O)[C@@H](C)Oc2ccc(Cl)cc2Cl)cc1Br. The second-order valence-corrected chi connectivity index (χ2v) is 10.4. The van der Waals surface area contributed by atoms with Gasteiger partial charge in [-0.05, 0) is 84.2 Å². The van der Waals surface area contributed by atoms with E-state index in [4.69, 9.17) is 32.7 Å². The van der Waals surface area contributed by atoms with Gasteiger partial charge in [0.1, 0.15) is 17.5 Å². The molecule has 0 radical (unpaired) electrons. The minimum absolute atomic E-state index is 0.0400. The molecule has 7 nitrogen and oxygen atoms in total. The number of nitrogens with zero attached hydrogens (tertiary/aromatic N) is 1. The first-order valence-corrected chi connectivity index (χ1v) is 13.4. The summed E-state index contributed by atoms with van der Waals surface area (Å²) in [5.74, 6) is 0.0566. The van der Waals surface area contributed by atoms with E-state index >= 15 is 0 Å². The lowest BCUT2D eigenvalue weighted by atomic mass is 10.1. The molecule has 3 rings (SSSR count). The van der Waals surface area contributed by atoms with E-state index in [1.54, 1.807) is 19.1 Å². The molecule has 10 heteroatoms. The molecule has 0 aromatic heterocycles. The van der Waals surface area contributed by atoms with Crippen molar-refractivity contribution in [3.63, 3.8) is 0 Å². The van der Waals surface area contributed by atoms with Gasteiger partial charge in [0.2, 0.25) is 0 Å². The van der Waals surface area contributed by atoms with E-state index in [2.05, 4.69) is 31.8 Å². The molecule has 2 atom stereocenters. The topological polar surface area (TPSA) is 89.0 Å². The Bertz CT molecular complexity index is 1290. The molecule has 3 aromatic carbocycles. The van der Waals surface area contributed by atoms with Gasteiger partial charge in [-0.1, -0.05) is 53.5 Å². The standard InChI is InChI=1S/C28H28BrCl2N3O4/c1-17(2)37-25-11-9-20(13-22(25)29)16-32-34-28(36)24(14-19-7-5-4-6-8-19)33-27(35)18(3)38-26-12-10-21(30)15-23(26)31/h4-13,15-18,24H,14H2,1-3H3,(H,33,35)(H,34,36)/b32-16-/t18-,24+/m1/s1. The number of carbonyl (C=O) groups is 2. The van der Waals surface area contributed by atoms with Gasteiger partial charge >= 0.3 is 0 Å². The number of halogens is 3. The molecule has 0 aliphatic heterocycles. The van der Waals surface area contributed by atoms with Crippen LogP contribution in [0.3, 0.4) is 0 Å². The largest absolute Gasteiger partial charge is 0.490 e. The molecule has 0 bridgehead atoms. The van der Waals surface area contributed by atoms with Crippen LogP contribution in [0, 0.1) is 0 Å². The molecule has 0 fully saturated rings. The van der Waals surface area contributed by atoms with Gasteiger partial charge in [-0.25, -0.2) is 5.43 Å². The maximum absolute atomic E-state index is 13.0. The first-order valence-electron chi connectivity index (χ1n) is 11.9. The maximum atomic E-state index is 13.0. The highest BCUT2D eigenvalue weighted by molar-refractivity contribution is 9.10. The van der Waals surface area contributed by atoms with E-state index in [1.807, 2.05) is 62.4 Å². The zero-order valence-electron chi connectivity index (χ0n) is 21.1. The lowest BCUT2D eigenvalue weighted by Crippen LogP contribution is -2.50. The molecular weight excluding hydrogens is 593 g/mol. The van der Waals surface area contributed by atoms with Crippen molar-refractivity contribution >= 4 is 57.2 Å². The van der Waals surface area contributed by atoms with Crippen molar-refractivity contribution in [3.05, 3.63) is 92.4 Å². The quantitative estimate of drug-likeness (QED) is 0.198. The highest BCUT2D eigenvalue weighted by Gasteiger charge is 2.25. The van der Waals surface area contributed by atoms with Gasteiger partial charge in [-0.15, -0.1) is 0 Å². The third kappa shape index (κ3) is 9.04. The summed E-state index contributed by atoms with van der Waals surface area (Å²) < 4.78 is 12.2. The van der Waals surface area contributed by atoms with Gasteiger partial charge < -0.3 is 14.8 Å². The number of benzene rings is 3. The van der Waals surface area contributed by atoms with E-state index in [9.17, 15) is 9.59 Å². The Morgan fingerprint density at radius 3 is 2.32 bits per heavy atom. The third-order valence-corrected chi connectivity index (χ3v) is 6.34. The van der Waals surface area contributed by atoms with Gasteiger partial charge in [0.05, 0.1) is 21.8 Å². The highest BCUT2D eigenvalue weighted by atomic mass is 79.9. The van der Waals surface area contributed by atoms with Gasteiger partial charge in [-0.3, -0.25) is 9.59 Å². The van der Waals surface area contributed by atoms with Crippen LogP contribution in [-0.4, -0.2) is 36.3 Å². The summed E-state index contributed by atoms with van der Waals surface area (Å²) in [7, 11) is 0. The Hall–Kier alpha value is -3.07. The second kappa shape index (κ2) is 14.2. The second-order valence-electron chi connectivity index (χ2n) is 8.68. The number of hydrazone groups is 1.